The van der Waals surface area contributed by atoms with E-state index in [1.165, 1.54) is 14.2 Å². The number of ketones is 1. The highest BCUT2D eigenvalue weighted by atomic mass is 79.9. The fraction of sp³-hybridized carbons (Fsp3) is 0.435. The maximum Gasteiger partial charge on any atom is 0.336 e. The van der Waals surface area contributed by atoms with Crippen LogP contribution in [0.1, 0.15) is 31.7 Å². The molecule has 8 heteroatoms. The van der Waals surface area contributed by atoms with Gasteiger partial charge in [0.25, 0.3) is 0 Å². The molecule has 2 aliphatic rings. The molecule has 1 aliphatic heterocycles. The van der Waals surface area contributed by atoms with Crippen LogP contribution in [0.3, 0.4) is 0 Å². The lowest BCUT2D eigenvalue weighted by Crippen LogP contribution is -2.43. The molecule has 7 nitrogen and oxygen atoms in total. The van der Waals surface area contributed by atoms with Crippen LogP contribution in [0.25, 0.3) is 0 Å². The van der Waals surface area contributed by atoms with Gasteiger partial charge >= 0.3 is 11.9 Å². The molecular weight excluding hydrogens is 466 g/mol. The van der Waals surface area contributed by atoms with Crippen molar-refractivity contribution in [3.63, 3.8) is 0 Å². The Morgan fingerprint density at radius 3 is 2.55 bits per heavy atom. The molecule has 0 fully saturated rings. The van der Waals surface area contributed by atoms with Crippen molar-refractivity contribution in [2.24, 2.45) is 11.8 Å². The fourth-order valence-electron chi connectivity index (χ4n) is 4.27. The Balaban J connectivity index is 2.14. The normalized spacial score (nSPS) is 23.3. The lowest BCUT2D eigenvalue weighted by Gasteiger charge is -2.38. The Labute approximate surface area is 189 Å². The summed E-state index contributed by atoms with van der Waals surface area (Å²) in [6.45, 7) is 4.00. The third-order valence-corrected chi connectivity index (χ3v) is 6.42. The predicted molar refractivity (Wildman–Crippen MR) is 117 cm³/mol. The quantitative estimate of drug-likeness (QED) is 0.371. The van der Waals surface area contributed by atoms with Crippen LogP contribution in [0.5, 0.6) is 0 Å². The minimum absolute atomic E-state index is 0.0937. The molecule has 166 valence electrons. The highest BCUT2D eigenvalue weighted by Crippen LogP contribution is 2.46. The van der Waals surface area contributed by atoms with Crippen LogP contribution < -0.4 is 5.32 Å². The molecule has 0 bridgehead atoms. The van der Waals surface area contributed by atoms with Gasteiger partial charge in [-0.25, -0.2) is 4.79 Å². The van der Waals surface area contributed by atoms with Crippen molar-refractivity contribution < 1.29 is 28.6 Å². The Kier molecular flexibility index (Phi) is 7.33. The van der Waals surface area contributed by atoms with E-state index in [0.717, 1.165) is 15.7 Å². The standard InChI is InChI=1S/C23H26BrNO6/c1-12-11-16-20(21(26)17(12)22(27)30-4)19(14-7-5-6-8-15(14)24)18(13(2)25-16)23(28)31-10-9-29-3/h5-8,12,17,19,25H,9-11H2,1-4H3/t12-,17-,19+/m0/s1. The second-order valence-corrected chi connectivity index (χ2v) is 8.54. The number of esters is 2. The van der Waals surface area contributed by atoms with Crippen molar-refractivity contribution in [3.05, 3.63) is 56.8 Å². The zero-order valence-electron chi connectivity index (χ0n) is 18.0. The van der Waals surface area contributed by atoms with Gasteiger partial charge in [-0.05, 0) is 30.9 Å². The molecule has 1 aromatic rings. The van der Waals surface area contributed by atoms with Crippen LogP contribution in [0.4, 0.5) is 0 Å². The van der Waals surface area contributed by atoms with E-state index in [1.807, 2.05) is 31.2 Å². The van der Waals surface area contributed by atoms with Crippen molar-refractivity contribution >= 4 is 33.7 Å². The second-order valence-electron chi connectivity index (χ2n) is 7.69. The Morgan fingerprint density at radius 1 is 1.19 bits per heavy atom. The van der Waals surface area contributed by atoms with Gasteiger partial charge in [0.2, 0.25) is 0 Å². The van der Waals surface area contributed by atoms with Crippen LogP contribution in [0.2, 0.25) is 0 Å². The van der Waals surface area contributed by atoms with E-state index in [9.17, 15) is 14.4 Å². The summed E-state index contributed by atoms with van der Waals surface area (Å²) in [6, 6.07) is 7.42. The minimum Gasteiger partial charge on any atom is -0.468 e. The van der Waals surface area contributed by atoms with E-state index < -0.39 is 23.8 Å². The van der Waals surface area contributed by atoms with Gasteiger partial charge in [-0.1, -0.05) is 41.1 Å². The number of ether oxygens (including phenoxy) is 3. The summed E-state index contributed by atoms with van der Waals surface area (Å²) in [5.41, 5.74) is 2.85. The number of hydrogen-bond acceptors (Lipinski definition) is 7. The third-order valence-electron chi connectivity index (χ3n) is 5.70. The SMILES string of the molecule is COCCOC(=O)C1=C(C)NC2=C(C(=O)[C@@H](C(=O)OC)[C@@H](C)C2)[C@@H]1c1ccccc1Br. The molecule has 0 saturated heterocycles. The van der Waals surface area contributed by atoms with Crippen molar-refractivity contribution in [2.75, 3.05) is 27.4 Å². The second kappa shape index (κ2) is 9.78. The molecule has 0 saturated carbocycles. The van der Waals surface area contributed by atoms with Gasteiger partial charge in [0, 0.05) is 34.5 Å². The summed E-state index contributed by atoms with van der Waals surface area (Å²) in [7, 11) is 2.80. The average Bonchev–Trinajstić information content (AvgIpc) is 2.73. The summed E-state index contributed by atoms with van der Waals surface area (Å²) in [5.74, 6) is -3.24. The van der Waals surface area contributed by atoms with Gasteiger partial charge in [-0.15, -0.1) is 0 Å². The average molecular weight is 492 g/mol. The van der Waals surface area contributed by atoms with Crippen molar-refractivity contribution in [1.82, 2.24) is 5.32 Å². The van der Waals surface area contributed by atoms with Crippen LogP contribution in [-0.2, 0) is 28.6 Å². The number of benzene rings is 1. The predicted octanol–water partition coefficient (Wildman–Crippen LogP) is 3.25. The van der Waals surface area contributed by atoms with Crippen molar-refractivity contribution in [1.29, 1.82) is 0 Å². The first-order valence-corrected chi connectivity index (χ1v) is 10.8. The number of carbonyl (C=O) groups is 3. The molecule has 31 heavy (non-hydrogen) atoms. The summed E-state index contributed by atoms with van der Waals surface area (Å²) in [5, 5.41) is 3.24. The number of Topliss-reactive ketones (excluding diaryl/α,β-unsaturated/α-hetero) is 1. The van der Waals surface area contributed by atoms with Crippen LogP contribution >= 0.6 is 15.9 Å². The van der Waals surface area contributed by atoms with Crippen LogP contribution in [0.15, 0.2) is 51.3 Å². The smallest absolute Gasteiger partial charge is 0.336 e. The van der Waals surface area contributed by atoms with E-state index in [1.54, 1.807) is 6.92 Å². The molecule has 0 unspecified atom stereocenters. The number of hydrogen-bond donors (Lipinski definition) is 1. The molecule has 1 aromatic carbocycles. The highest BCUT2D eigenvalue weighted by molar-refractivity contribution is 9.10. The maximum atomic E-state index is 13.6. The summed E-state index contributed by atoms with van der Waals surface area (Å²) < 4.78 is 16.0. The molecule has 3 rings (SSSR count). The molecule has 3 atom stereocenters. The lowest BCUT2D eigenvalue weighted by molar-refractivity contribution is -0.151. The zero-order valence-corrected chi connectivity index (χ0v) is 19.6. The first-order chi connectivity index (χ1) is 14.8. The topological polar surface area (TPSA) is 90.9 Å². The van der Waals surface area contributed by atoms with Crippen molar-refractivity contribution in [3.8, 4) is 0 Å². The largest absolute Gasteiger partial charge is 0.468 e. The Morgan fingerprint density at radius 2 is 1.90 bits per heavy atom. The number of nitrogens with one attached hydrogen (secondary N) is 1. The highest BCUT2D eigenvalue weighted by Gasteiger charge is 2.47. The molecule has 0 spiro atoms. The van der Waals surface area contributed by atoms with E-state index in [4.69, 9.17) is 14.2 Å². The van der Waals surface area contributed by atoms with Gasteiger partial charge in [0.05, 0.1) is 19.3 Å². The van der Waals surface area contributed by atoms with Crippen LogP contribution in [-0.4, -0.2) is 45.2 Å². The van der Waals surface area contributed by atoms with Gasteiger partial charge in [0.15, 0.2) is 5.78 Å². The fourth-order valence-corrected chi connectivity index (χ4v) is 4.78. The molecule has 1 aliphatic carbocycles. The Bertz CT molecular complexity index is 967. The monoisotopic (exact) mass is 491 g/mol. The number of dihydropyridines is 1. The first-order valence-electron chi connectivity index (χ1n) is 10.0. The van der Waals surface area contributed by atoms with Gasteiger partial charge in [-0.2, -0.15) is 0 Å². The van der Waals surface area contributed by atoms with Gasteiger partial charge < -0.3 is 19.5 Å². The molecule has 1 N–H and O–H groups in total. The number of allylic oxidation sites excluding steroid dienone is 3. The van der Waals surface area contributed by atoms with E-state index in [2.05, 4.69) is 21.2 Å². The molecular formula is C23H26BrNO6. The van der Waals surface area contributed by atoms with E-state index >= 15 is 0 Å². The lowest BCUT2D eigenvalue weighted by atomic mass is 9.69. The number of halogens is 1. The number of methoxy groups -OCH3 is 2. The minimum atomic E-state index is -0.917. The van der Waals surface area contributed by atoms with Crippen molar-refractivity contribution in [2.45, 2.75) is 26.2 Å². The van der Waals surface area contributed by atoms with E-state index in [0.29, 0.717) is 23.3 Å². The summed E-state index contributed by atoms with van der Waals surface area (Å²) in [4.78, 5) is 39.1. The number of carbonyl (C=O) groups excluding carboxylic acids is 3. The molecule has 0 radical (unpaired) electrons. The van der Waals surface area contributed by atoms with Crippen LogP contribution in [0, 0.1) is 11.8 Å². The molecule has 1 heterocycles. The molecule has 0 amide bonds. The first kappa shape index (κ1) is 23.2. The third kappa shape index (κ3) is 4.45. The maximum absolute atomic E-state index is 13.6. The van der Waals surface area contributed by atoms with E-state index in [-0.39, 0.29) is 24.9 Å². The summed E-state index contributed by atoms with van der Waals surface area (Å²) >= 11 is 3.56. The van der Waals surface area contributed by atoms with Gasteiger partial charge in [-0.3, -0.25) is 9.59 Å². The Hall–Kier alpha value is -2.45. The zero-order chi connectivity index (χ0) is 22.7. The summed E-state index contributed by atoms with van der Waals surface area (Å²) in [6.07, 6.45) is 0.491. The number of rotatable bonds is 6. The van der Waals surface area contributed by atoms with Gasteiger partial charge in [0.1, 0.15) is 12.5 Å². The molecule has 0 aromatic heterocycles.